The predicted molar refractivity (Wildman–Crippen MR) is 94.4 cm³/mol. The normalized spacial score (nSPS) is 21.0. The second-order valence-corrected chi connectivity index (χ2v) is 6.85. The number of primary amides is 1. The van der Waals surface area contributed by atoms with Crippen molar-refractivity contribution in [3.8, 4) is 0 Å². The molecule has 132 valence electrons. The van der Waals surface area contributed by atoms with Crippen LogP contribution in [0, 0.1) is 11.8 Å². The van der Waals surface area contributed by atoms with Crippen molar-refractivity contribution in [1.29, 1.82) is 0 Å². The minimum absolute atomic E-state index is 0.282. The molecule has 2 atom stereocenters. The zero-order chi connectivity index (χ0) is 17.5. The van der Waals surface area contributed by atoms with Crippen LogP contribution in [0.5, 0.6) is 0 Å². The maximum Gasteiger partial charge on any atom is 0.251 e. The van der Waals surface area contributed by atoms with E-state index < -0.39 is 0 Å². The Bertz CT molecular complexity index is 600. The van der Waals surface area contributed by atoms with Crippen molar-refractivity contribution in [3.63, 3.8) is 0 Å². The molecule has 3 rings (SSSR count). The fourth-order valence-corrected chi connectivity index (χ4v) is 3.75. The van der Waals surface area contributed by atoms with Gasteiger partial charge in [-0.25, -0.2) is 0 Å². The van der Waals surface area contributed by atoms with E-state index in [2.05, 4.69) is 11.9 Å². The van der Waals surface area contributed by atoms with Gasteiger partial charge in [-0.3, -0.25) is 4.79 Å². The molecule has 3 N–H and O–H groups in total. The summed E-state index contributed by atoms with van der Waals surface area (Å²) in [7, 11) is 1.80. The van der Waals surface area contributed by atoms with E-state index >= 15 is 0 Å². The molecule has 24 heavy (non-hydrogen) atoms. The van der Waals surface area contributed by atoms with Crippen LogP contribution in [0.4, 0.5) is 5.00 Å². The Morgan fingerprint density at radius 2 is 2.38 bits per heavy atom. The van der Waals surface area contributed by atoms with Gasteiger partial charge in [0, 0.05) is 17.8 Å². The van der Waals surface area contributed by atoms with Crippen molar-refractivity contribution < 1.29 is 19.1 Å². The third-order valence-electron chi connectivity index (χ3n) is 4.01. The lowest BCUT2D eigenvalue weighted by Gasteiger charge is -2.12. The van der Waals surface area contributed by atoms with Crippen molar-refractivity contribution in [3.05, 3.63) is 28.7 Å². The molecule has 7 heteroatoms. The number of nitrogens with one attached hydrogen (secondary N) is 1. The number of fused-ring (bicyclic) bond motifs is 1. The molecule has 1 amide bonds. The molecular weight excluding hydrogens is 328 g/mol. The molecule has 2 aliphatic rings. The van der Waals surface area contributed by atoms with Gasteiger partial charge in [-0.05, 0) is 24.3 Å². The highest BCUT2D eigenvalue weighted by Crippen LogP contribution is 2.36. The Morgan fingerprint density at radius 3 is 2.96 bits per heavy atom. The third-order valence-corrected chi connectivity index (χ3v) is 5.24. The molecule has 1 aromatic heterocycles. The quantitative estimate of drug-likeness (QED) is 0.445. The van der Waals surface area contributed by atoms with Crippen LogP contribution in [0.25, 0.3) is 0 Å². The molecule has 0 spiro atoms. The number of thiophene rings is 1. The minimum atomic E-state index is -0.353. The van der Waals surface area contributed by atoms with Crippen molar-refractivity contribution in [2.24, 2.45) is 17.6 Å². The summed E-state index contributed by atoms with van der Waals surface area (Å²) in [4.78, 5) is 22.5. The molecule has 0 bridgehead atoms. The van der Waals surface area contributed by atoms with Gasteiger partial charge in [0.2, 0.25) is 0 Å². The van der Waals surface area contributed by atoms with Gasteiger partial charge in [0.25, 0.3) is 5.91 Å². The molecule has 0 aromatic carbocycles. The monoisotopic (exact) mass is 352 g/mol. The van der Waals surface area contributed by atoms with Crippen molar-refractivity contribution in [2.45, 2.75) is 19.4 Å². The van der Waals surface area contributed by atoms with Crippen LogP contribution < -0.4 is 11.1 Å². The van der Waals surface area contributed by atoms with E-state index in [9.17, 15) is 9.59 Å². The summed E-state index contributed by atoms with van der Waals surface area (Å²) in [5.74, 6) is 0.427. The van der Waals surface area contributed by atoms with Gasteiger partial charge in [0.15, 0.2) is 0 Å². The van der Waals surface area contributed by atoms with Crippen molar-refractivity contribution >= 4 is 28.5 Å². The van der Waals surface area contributed by atoms with Gasteiger partial charge >= 0.3 is 0 Å². The minimum Gasteiger partial charge on any atom is -0.379 e. The molecule has 1 aliphatic heterocycles. The summed E-state index contributed by atoms with van der Waals surface area (Å²) < 4.78 is 10.5. The second kappa shape index (κ2) is 8.96. The van der Waals surface area contributed by atoms with Crippen LogP contribution in [-0.4, -0.2) is 39.1 Å². The van der Waals surface area contributed by atoms with E-state index in [4.69, 9.17) is 15.2 Å². The molecular formula is C17H24N2O4S. The first-order chi connectivity index (χ1) is 11.6. The van der Waals surface area contributed by atoms with Gasteiger partial charge in [-0.15, -0.1) is 17.9 Å². The molecule has 2 unspecified atom stereocenters. The first kappa shape index (κ1) is 18.6. The zero-order valence-corrected chi connectivity index (χ0v) is 14.7. The number of carbonyl (C=O) groups is 2. The molecule has 1 aromatic rings. The number of carbonyl (C=O) groups excluding carboxylic acids is 2. The summed E-state index contributed by atoms with van der Waals surface area (Å²) in [6, 6.07) is 0. The number of hydrogen-bond donors (Lipinski definition) is 2. The van der Waals surface area contributed by atoms with Gasteiger partial charge in [0.1, 0.15) is 11.3 Å². The van der Waals surface area contributed by atoms with Crippen LogP contribution >= 0.6 is 11.3 Å². The first-order valence-corrected chi connectivity index (χ1v) is 8.77. The maximum atomic E-state index is 11.3. The van der Waals surface area contributed by atoms with Crippen LogP contribution in [0.1, 0.15) is 27.2 Å². The third kappa shape index (κ3) is 4.66. The molecule has 1 fully saturated rings. The Morgan fingerprint density at radius 1 is 1.58 bits per heavy atom. The number of hydrogen-bond acceptors (Lipinski definition) is 6. The van der Waals surface area contributed by atoms with E-state index in [0.29, 0.717) is 31.3 Å². The van der Waals surface area contributed by atoms with Gasteiger partial charge in [-0.1, -0.05) is 6.08 Å². The average Bonchev–Trinajstić information content (AvgIpc) is 3.24. The van der Waals surface area contributed by atoms with E-state index in [-0.39, 0.29) is 11.8 Å². The number of rotatable bonds is 7. The lowest BCUT2D eigenvalue weighted by Crippen LogP contribution is -2.17. The number of nitrogens with two attached hydrogens (primary N) is 1. The van der Waals surface area contributed by atoms with E-state index in [1.54, 1.807) is 24.5 Å². The maximum absolute atomic E-state index is 11.3. The Hall–Kier alpha value is -1.70. The Kier molecular flexibility index (Phi) is 6.96. The van der Waals surface area contributed by atoms with E-state index in [0.717, 1.165) is 41.2 Å². The summed E-state index contributed by atoms with van der Waals surface area (Å²) in [6.07, 6.45) is 4.53. The average molecular weight is 352 g/mol. The highest BCUT2D eigenvalue weighted by atomic mass is 32.1. The van der Waals surface area contributed by atoms with E-state index in [1.807, 2.05) is 0 Å². The van der Waals surface area contributed by atoms with Crippen molar-refractivity contribution in [1.82, 2.24) is 0 Å². The lowest BCUT2D eigenvalue weighted by molar-refractivity contribution is -0.109. The smallest absolute Gasteiger partial charge is 0.251 e. The van der Waals surface area contributed by atoms with Crippen LogP contribution in [0.15, 0.2) is 12.7 Å². The standard InChI is InChI=1S/C9H12N2O2S.C8H12O2/c1-11-9-7(8(10)12)5-2-3-13-4-6(5)14-9;1-2-3-10-6-8-4-7(8)5-9/h11H,2-4H2,1H3,(H2,10,12);2,5,7-8H,1,3-4,6H2. The SMILES string of the molecule is C=CCOCC1CC1C=O.CNc1sc2c(c1C(N)=O)CCOC2. The van der Waals surface area contributed by atoms with Crippen LogP contribution in [0.3, 0.4) is 0 Å². The number of anilines is 1. The van der Waals surface area contributed by atoms with Gasteiger partial charge in [0.05, 0.1) is 32.0 Å². The van der Waals surface area contributed by atoms with Crippen LogP contribution in [-0.2, 0) is 27.3 Å². The van der Waals surface area contributed by atoms with E-state index in [1.165, 1.54) is 0 Å². The van der Waals surface area contributed by atoms with Gasteiger partial charge in [-0.2, -0.15) is 0 Å². The second-order valence-electron chi connectivity index (χ2n) is 5.75. The largest absolute Gasteiger partial charge is 0.379 e. The van der Waals surface area contributed by atoms with Gasteiger partial charge < -0.3 is 25.3 Å². The fraction of sp³-hybridized carbons (Fsp3) is 0.529. The van der Waals surface area contributed by atoms with Crippen molar-refractivity contribution in [2.75, 3.05) is 32.2 Å². The highest BCUT2D eigenvalue weighted by Gasteiger charge is 2.36. The fourth-order valence-electron chi connectivity index (χ4n) is 2.60. The molecule has 2 heterocycles. The summed E-state index contributed by atoms with van der Waals surface area (Å²) in [5.41, 5.74) is 7.06. The lowest BCUT2D eigenvalue weighted by atomic mass is 10.1. The molecule has 1 saturated carbocycles. The zero-order valence-electron chi connectivity index (χ0n) is 13.9. The first-order valence-electron chi connectivity index (χ1n) is 7.96. The summed E-state index contributed by atoms with van der Waals surface area (Å²) in [5, 5.41) is 3.85. The number of aldehydes is 1. The predicted octanol–water partition coefficient (Wildman–Crippen LogP) is 1.99. The summed E-state index contributed by atoms with van der Waals surface area (Å²) in [6.45, 7) is 6.11. The highest BCUT2D eigenvalue weighted by molar-refractivity contribution is 7.16. The molecule has 1 aliphatic carbocycles. The number of ether oxygens (including phenoxy) is 2. The summed E-state index contributed by atoms with van der Waals surface area (Å²) >= 11 is 1.55. The Labute approximate surface area is 146 Å². The van der Waals surface area contributed by atoms with Crippen LogP contribution in [0.2, 0.25) is 0 Å². The molecule has 6 nitrogen and oxygen atoms in total. The topological polar surface area (TPSA) is 90.6 Å². The number of amides is 1. The Balaban J connectivity index is 0.000000185. The molecule has 0 radical (unpaired) electrons. The molecule has 0 saturated heterocycles.